The molecule has 0 aromatic heterocycles. The van der Waals surface area contributed by atoms with E-state index in [1.807, 2.05) is 0 Å². The number of aliphatic hydroxyl groups is 1. The molecule has 0 aromatic carbocycles. The number of esters is 4. The van der Waals surface area contributed by atoms with E-state index < -0.39 is 97.5 Å². The molecule has 5 atom stereocenters. The van der Waals surface area contributed by atoms with Crippen LogP contribution in [0, 0.1) is 0 Å². The number of allylic oxidation sites excluding steroid dienone is 16. The maximum atomic E-state index is 13.1. The Morgan fingerprint density at radius 3 is 0.820 bits per heavy atom. The van der Waals surface area contributed by atoms with Crippen LogP contribution in [0.4, 0.5) is 0 Å². The van der Waals surface area contributed by atoms with E-state index in [9.17, 15) is 43.2 Å². The Hall–Kier alpha value is -4.02. The van der Waals surface area contributed by atoms with Gasteiger partial charge in [-0.2, -0.15) is 0 Å². The molecule has 17 nitrogen and oxygen atoms in total. The van der Waals surface area contributed by atoms with Crippen molar-refractivity contribution >= 4 is 39.5 Å². The minimum absolute atomic E-state index is 0.0755. The van der Waals surface area contributed by atoms with E-state index in [1.54, 1.807) is 0 Å². The van der Waals surface area contributed by atoms with Crippen molar-refractivity contribution < 1.29 is 80.2 Å². The van der Waals surface area contributed by atoms with Gasteiger partial charge in [-0.25, -0.2) is 9.13 Å². The fraction of sp³-hybridized carbons (Fsp3) is 0.753. The molecule has 0 heterocycles. The Kier molecular flexibility index (Phi) is 70.4. The van der Waals surface area contributed by atoms with Crippen molar-refractivity contribution in [1.29, 1.82) is 0 Å². The minimum Gasteiger partial charge on any atom is -0.462 e. The Morgan fingerprint density at radius 2 is 0.510 bits per heavy atom. The van der Waals surface area contributed by atoms with Crippen molar-refractivity contribution in [3.8, 4) is 0 Å². The quantitative estimate of drug-likeness (QED) is 0.0169. The van der Waals surface area contributed by atoms with E-state index in [4.69, 9.17) is 37.0 Å². The molecule has 3 N–H and O–H groups in total. The first-order chi connectivity index (χ1) is 48.7. The average molecular weight is 1450 g/mol. The lowest BCUT2D eigenvalue weighted by molar-refractivity contribution is -0.161. The number of hydrogen-bond acceptors (Lipinski definition) is 15. The summed E-state index contributed by atoms with van der Waals surface area (Å²) in [6.07, 6.45) is 76.7. The van der Waals surface area contributed by atoms with E-state index in [2.05, 4.69) is 125 Å². The summed E-state index contributed by atoms with van der Waals surface area (Å²) in [6.45, 7) is 4.69. The zero-order valence-corrected chi connectivity index (χ0v) is 64.9. The van der Waals surface area contributed by atoms with Gasteiger partial charge in [0.2, 0.25) is 0 Å². The molecule has 0 rings (SSSR count). The fourth-order valence-electron chi connectivity index (χ4n) is 10.4. The zero-order chi connectivity index (χ0) is 73.2. The molecule has 0 bridgehead atoms. The molecule has 0 saturated heterocycles. The number of rotatable bonds is 74. The summed E-state index contributed by atoms with van der Waals surface area (Å²) in [6, 6.07) is 0. The van der Waals surface area contributed by atoms with Gasteiger partial charge in [0.25, 0.3) is 0 Å². The van der Waals surface area contributed by atoms with Crippen LogP contribution in [-0.2, 0) is 65.4 Å². The van der Waals surface area contributed by atoms with Crippen molar-refractivity contribution in [1.82, 2.24) is 0 Å². The minimum atomic E-state index is -4.98. The number of carbonyl (C=O) groups is 4. The normalized spacial score (nSPS) is 14.4. The number of carbonyl (C=O) groups excluding carboxylic acids is 4. The zero-order valence-electron chi connectivity index (χ0n) is 63.1. The van der Waals surface area contributed by atoms with Gasteiger partial charge in [0.05, 0.1) is 26.4 Å². The van der Waals surface area contributed by atoms with Gasteiger partial charge in [-0.1, -0.05) is 266 Å². The highest BCUT2D eigenvalue weighted by Gasteiger charge is 2.30. The SMILES string of the molecule is CCC/C=C\C/C=C\CCCCCCCC(=O)OCC(COP(=O)(O)OCC(O)COP(=O)(O)OCC(COC(=O)CCCCCCCC/C=C\C/C=C\C/C=C\CCCCC)OC(=O)CCCCCCC/C=C\CCCCCCCC)OC(=O)CCCCCCC/C=C\C/C=C\CCC. The molecular formula is C81H142O17P2. The highest BCUT2D eigenvalue weighted by atomic mass is 31.2. The second-order valence-electron chi connectivity index (χ2n) is 26.3. The first-order valence-electron chi connectivity index (χ1n) is 39.5. The van der Waals surface area contributed by atoms with Crippen molar-refractivity contribution in [2.24, 2.45) is 0 Å². The van der Waals surface area contributed by atoms with Crippen molar-refractivity contribution in [3.05, 3.63) is 97.2 Å². The van der Waals surface area contributed by atoms with Gasteiger partial charge >= 0.3 is 39.5 Å². The number of phosphoric acid groups is 2. The van der Waals surface area contributed by atoms with Crippen LogP contribution >= 0.6 is 15.6 Å². The molecule has 100 heavy (non-hydrogen) atoms. The molecule has 0 aliphatic rings. The maximum absolute atomic E-state index is 13.1. The van der Waals surface area contributed by atoms with Gasteiger partial charge in [0, 0.05) is 25.7 Å². The molecule has 0 aliphatic heterocycles. The van der Waals surface area contributed by atoms with Gasteiger partial charge in [-0.15, -0.1) is 0 Å². The Morgan fingerprint density at radius 1 is 0.280 bits per heavy atom. The largest absolute Gasteiger partial charge is 0.472 e. The lowest BCUT2D eigenvalue weighted by Gasteiger charge is -2.21. The number of aliphatic hydroxyl groups excluding tert-OH is 1. The predicted molar refractivity (Wildman–Crippen MR) is 409 cm³/mol. The van der Waals surface area contributed by atoms with E-state index in [0.29, 0.717) is 25.7 Å². The van der Waals surface area contributed by atoms with E-state index >= 15 is 0 Å². The number of hydrogen-bond donors (Lipinski definition) is 3. The second kappa shape index (κ2) is 73.3. The summed E-state index contributed by atoms with van der Waals surface area (Å²) < 4.78 is 68.5. The summed E-state index contributed by atoms with van der Waals surface area (Å²) in [7, 11) is -9.96. The van der Waals surface area contributed by atoms with Crippen LogP contribution in [0.15, 0.2) is 97.2 Å². The van der Waals surface area contributed by atoms with Crippen molar-refractivity contribution in [2.45, 2.75) is 354 Å². The molecule has 0 fully saturated rings. The lowest BCUT2D eigenvalue weighted by atomic mass is 10.1. The number of unbranched alkanes of at least 4 members (excludes halogenated alkanes) is 32. The summed E-state index contributed by atoms with van der Waals surface area (Å²) in [4.78, 5) is 72.9. The Bertz CT molecular complexity index is 2270. The average Bonchev–Trinajstić information content (AvgIpc) is 0.946. The third kappa shape index (κ3) is 72.3. The topological polar surface area (TPSA) is 237 Å². The van der Waals surface area contributed by atoms with Gasteiger partial charge in [0.1, 0.15) is 19.3 Å². The van der Waals surface area contributed by atoms with Crippen LogP contribution in [-0.4, -0.2) is 96.7 Å². The first-order valence-corrected chi connectivity index (χ1v) is 42.5. The van der Waals surface area contributed by atoms with Crippen LogP contribution in [0.2, 0.25) is 0 Å². The Labute approximate surface area is 607 Å². The summed E-state index contributed by atoms with van der Waals surface area (Å²) in [5.41, 5.74) is 0. The van der Waals surface area contributed by atoms with E-state index in [1.165, 1.54) is 57.8 Å². The van der Waals surface area contributed by atoms with E-state index in [-0.39, 0.29) is 25.7 Å². The third-order valence-electron chi connectivity index (χ3n) is 16.5. The van der Waals surface area contributed by atoms with Crippen LogP contribution < -0.4 is 0 Å². The summed E-state index contributed by atoms with van der Waals surface area (Å²) >= 11 is 0. The molecule has 0 aliphatic carbocycles. The highest BCUT2D eigenvalue weighted by Crippen LogP contribution is 2.45. The third-order valence-corrected chi connectivity index (χ3v) is 18.4. The number of ether oxygens (including phenoxy) is 4. The van der Waals surface area contributed by atoms with Gasteiger partial charge in [-0.3, -0.25) is 37.3 Å². The van der Waals surface area contributed by atoms with Crippen LogP contribution in [0.1, 0.15) is 336 Å². The Balaban J connectivity index is 5.36. The summed E-state index contributed by atoms with van der Waals surface area (Å²) in [5.74, 6) is -2.22. The predicted octanol–water partition coefficient (Wildman–Crippen LogP) is 22.8. The molecule has 0 radical (unpaired) electrons. The van der Waals surface area contributed by atoms with Crippen LogP contribution in [0.5, 0.6) is 0 Å². The summed E-state index contributed by atoms with van der Waals surface area (Å²) in [5, 5.41) is 10.6. The highest BCUT2D eigenvalue weighted by molar-refractivity contribution is 7.47. The molecule has 0 amide bonds. The second-order valence-corrected chi connectivity index (χ2v) is 29.2. The molecule has 578 valence electrons. The smallest absolute Gasteiger partial charge is 0.462 e. The number of phosphoric ester groups is 2. The first kappa shape index (κ1) is 96.0. The lowest BCUT2D eigenvalue weighted by Crippen LogP contribution is -2.30. The monoisotopic (exact) mass is 1450 g/mol. The standard InChI is InChI=1S/C81H142O17P2/c1-5-9-13-17-21-25-29-33-35-36-37-38-40-43-46-50-54-58-62-66-79(84)92-72-77(98-81(86)68-64-60-56-52-48-44-39-34-30-26-22-18-14-10-6-2)74-96-100(89,90)94-70-75(82)69-93-99(87,88)95-73-76(97-80(85)67-63-59-55-51-47-42-32-28-24-20-16-12-8-4)71-91-78(83)65-61-57-53-49-45-41-31-27-23-19-15-11-7-3/h15-16,19-21,25,27-28,31-35,37-39,75-77,82H,5-14,17-18,22-24,26,29-30,36,40-74H2,1-4H3,(H,87,88)(H,89,90)/b19-15-,20-16-,25-21-,31-27-,32-28-,35-33-,38-37-,39-34-. The molecule has 0 saturated carbocycles. The molecular weight excluding hydrogens is 1310 g/mol. The van der Waals surface area contributed by atoms with Gasteiger partial charge in [-0.05, 0) is 141 Å². The van der Waals surface area contributed by atoms with Crippen molar-refractivity contribution in [2.75, 3.05) is 39.6 Å². The van der Waals surface area contributed by atoms with Gasteiger partial charge in [0.15, 0.2) is 12.2 Å². The maximum Gasteiger partial charge on any atom is 0.472 e. The fourth-order valence-corrected chi connectivity index (χ4v) is 12.0. The van der Waals surface area contributed by atoms with Crippen LogP contribution in [0.3, 0.4) is 0 Å². The molecule has 0 aromatic rings. The van der Waals surface area contributed by atoms with Crippen LogP contribution in [0.25, 0.3) is 0 Å². The molecule has 19 heteroatoms. The molecule has 0 spiro atoms. The molecule has 5 unspecified atom stereocenters. The van der Waals surface area contributed by atoms with Gasteiger partial charge < -0.3 is 33.8 Å². The van der Waals surface area contributed by atoms with Crippen molar-refractivity contribution in [3.63, 3.8) is 0 Å². The van der Waals surface area contributed by atoms with E-state index in [0.717, 1.165) is 199 Å².